The molecule has 1 fully saturated rings. The highest BCUT2D eigenvalue weighted by Crippen LogP contribution is 2.30. The summed E-state index contributed by atoms with van der Waals surface area (Å²) < 4.78 is 1.95. The van der Waals surface area contributed by atoms with Crippen molar-refractivity contribution < 1.29 is 5.11 Å². The molecule has 0 saturated heterocycles. The summed E-state index contributed by atoms with van der Waals surface area (Å²) >= 11 is 5.89. The summed E-state index contributed by atoms with van der Waals surface area (Å²) in [5, 5.41) is 10.0. The average molecular weight is 201 g/mol. The first-order valence-electron chi connectivity index (χ1n) is 4.64. The van der Waals surface area contributed by atoms with Gasteiger partial charge in [-0.25, -0.2) is 4.98 Å². The number of aromatic nitrogens is 2. The topological polar surface area (TPSA) is 38.0 Å². The Bertz CT molecular complexity index is 287. The van der Waals surface area contributed by atoms with E-state index in [1.807, 2.05) is 10.8 Å². The van der Waals surface area contributed by atoms with E-state index in [-0.39, 0.29) is 6.10 Å². The van der Waals surface area contributed by atoms with Gasteiger partial charge < -0.3 is 9.67 Å². The Labute approximate surface area is 82.4 Å². The van der Waals surface area contributed by atoms with Crippen LogP contribution >= 0.6 is 11.6 Å². The second-order valence-electron chi connectivity index (χ2n) is 3.58. The Morgan fingerprint density at radius 2 is 2.38 bits per heavy atom. The van der Waals surface area contributed by atoms with Crippen LogP contribution in [0.3, 0.4) is 0 Å². The first kappa shape index (κ1) is 9.03. The van der Waals surface area contributed by atoms with E-state index in [9.17, 15) is 5.11 Å². The van der Waals surface area contributed by atoms with Crippen LogP contribution in [0, 0.1) is 0 Å². The monoisotopic (exact) mass is 200 g/mol. The lowest BCUT2D eigenvalue weighted by Gasteiger charge is -2.27. The van der Waals surface area contributed by atoms with Crippen LogP contribution in [0.1, 0.15) is 31.7 Å². The molecule has 1 saturated carbocycles. The van der Waals surface area contributed by atoms with Gasteiger partial charge in [-0.15, -0.1) is 0 Å². The third kappa shape index (κ3) is 1.86. The number of halogens is 1. The van der Waals surface area contributed by atoms with E-state index in [0.29, 0.717) is 11.3 Å². The lowest BCUT2D eigenvalue weighted by Crippen LogP contribution is -2.22. The predicted octanol–water partition coefficient (Wildman–Crippen LogP) is 2.01. The van der Waals surface area contributed by atoms with Crippen LogP contribution in [0.5, 0.6) is 0 Å². The number of imidazole rings is 1. The summed E-state index contributed by atoms with van der Waals surface area (Å²) in [7, 11) is 0. The Morgan fingerprint density at radius 1 is 1.54 bits per heavy atom. The van der Waals surface area contributed by atoms with Crippen molar-refractivity contribution in [3.63, 3.8) is 0 Å². The second kappa shape index (κ2) is 3.68. The largest absolute Gasteiger partial charge is 0.393 e. The summed E-state index contributed by atoms with van der Waals surface area (Å²) in [5.74, 6) is 0. The van der Waals surface area contributed by atoms with E-state index in [1.165, 1.54) is 0 Å². The van der Waals surface area contributed by atoms with Gasteiger partial charge in [-0.3, -0.25) is 0 Å². The molecule has 2 atom stereocenters. The maximum atomic E-state index is 9.49. The maximum Gasteiger partial charge on any atom is 0.202 e. The molecule has 3 nitrogen and oxygen atoms in total. The van der Waals surface area contributed by atoms with Gasteiger partial charge in [0.25, 0.3) is 0 Å². The van der Waals surface area contributed by atoms with Crippen LogP contribution < -0.4 is 0 Å². The second-order valence-corrected chi connectivity index (χ2v) is 3.92. The van der Waals surface area contributed by atoms with Gasteiger partial charge in [-0.1, -0.05) is 0 Å². The summed E-state index contributed by atoms with van der Waals surface area (Å²) in [5.41, 5.74) is 0. The minimum Gasteiger partial charge on any atom is -0.393 e. The van der Waals surface area contributed by atoms with Gasteiger partial charge in [0.15, 0.2) is 0 Å². The van der Waals surface area contributed by atoms with Gasteiger partial charge in [0.1, 0.15) is 0 Å². The molecule has 1 N–H and O–H groups in total. The van der Waals surface area contributed by atoms with Gasteiger partial charge in [0, 0.05) is 18.4 Å². The zero-order chi connectivity index (χ0) is 9.26. The molecule has 0 bridgehead atoms. The fourth-order valence-corrected chi connectivity index (χ4v) is 2.21. The molecule has 2 unspecified atom stereocenters. The summed E-state index contributed by atoms with van der Waals surface area (Å²) in [6, 6.07) is 0.332. The van der Waals surface area contributed by atoms with Crippen molar-refractivity contribution in [1.29, 1.82) is 0 Å². The van der Waals surface area contributed by atoms with Crippen molar-refractivity contribution in [2.45, 2.75) is 37.8 Å². The molecule has 1 aromatic rings. The van der Waals surface area contributed by atoms with E-state index < -0.39 is 0 Å². The van der Waals surface area contributed by atoms with E-state index in [4.69, 9.17) is 11.6 Å². The normalized spacial score (nSPS) is 29.1. The molecular formula is C9H13ClN2O. The van der Waals surface area contributed by atoms with Crippen molar-refractivity contribution in [3.05, 3.63) is 17.7 Å². The van der Waals surface area contributed by atoms with Crippen molar-refractivity contribution >= 4 is 11.6 Å². The molecule has 0 amide bonds. The smallest absolute Gasteiger partial charge is 0.202 e. The van der Waals surface area contributed by atoms with Crippen LogP contribution in [0.4, 0.5) is 0 Å². The van der Waals surface area contributed by atoms with Gasteiger partial charge in [-0.05, 0) is 37.3 Å². The van der Waals surface area contributed by atoms with Crippen molar-refractivity contribution in [2.75, 3.05) is 0 Å². The number of aliphatic hydroxyl groups excluding tert-OH is 1. The van der Waals surface area contributed by atoms with Crippen LogP contribution in [-0.2, 0) is 0 Å². The molecule has 0 aromatic carbocycles. The zero-order valence-corrected chi connectivity index (χ0v) is 8.11. The van der Waals surface area contributed by atoms with Crippen molar-refractivity contribution in [2.24, 2.45) is 0 Å². The lowest BCUT2D eigenvalue weighted by atomic mass is 9.93. The highest BCUT2D eigenvalue weighted by atomic mass is 35.5. The van der Waals surface area contributed by atoms with Crippen LogP contribution in [0.2, 0.25) is 5.28 Å². The van der Waals surface area contributed by atoms with E-state index in [0.717, 1.165) is 25.7 Å². The number of nitrogens with zero attached hydrogens (tertiary/aromatic N) is 2. The first-order chi connectivity index (χ1) is 6.27. The number of rotatable bonds is 1. The highest BCUT2D eigenvalue weighted by molar-refractivity contribution is 6.28. The van der Waals surface area contributed by atoms with Crippen LogP contribution in [0.25, 0.3) is 0 Å². The van der Waals surface area contributed by atoms with Crippen molar-refractivity contribution in [1.82, 2.24) is 9.55 Å². The van der Waals surface area contributed by atoms with E-state index >= 15 is 0 Å². The highest BCUT2D eigenvalue weighted by Gasteiger charge is 2.22. The Balaban J connectivity index is 2.12. The SMILES string of the molecule is OC1CCCC(n2ccnc2Cl)C1. The fraction of sp³-hybridized carbons (Fsp3) is 0.667. The molecule has 13 heavy (non-hydrogen) atoms. The number of hydrogen-bond acceptors (Lipinski definition) is 2. The Morgan fingerprint density at radius 3 is 3.00 bits per heavy atom. The van der Waals surface area contributed by atoms with E-state index in [1.54, 1.807) is 6.20 Å². The summed E-state index contributed by atoms with van der Waals surface area (Å²) in [6.07, 6.45) is 7.29. The lowest BCUT2D eigenvalue weighted by molar-refractivity contribution is 0.104. The molecule has 2 rings (SSSR count). The molecule has 0 spiro atoms. The molecule has 1 aliphatic rings. The zero-order valence-electron chi connectivity index (χ0n) is 7.36. The molecule has 1 aromatic heterocycles. The predicted molar refractivity (Wildman–Crippen MR) is 50.7 cm³/mol. The third-order valence-corrected chi connectivity index (χ3v) is 2.93. The first-order valence-corrected chi connectivity index (χ1v) is 5.01. The molecular weight excluding hydrogens is 188 g/mol. The van der Waals surface area contributed by atoms with Crippen LogP contribution in [0.15, 0.2) is 12.4 Å². The standard InChI is InChI=1S/C9H13ClN2O/c10-9-11-4-5-12(9)7-2-1-3-8(13)6-7/h4-5,7-8,13H,1-3,6H2. The molecule has 1 aliphatic carbocycles. The quantitative estimate of drug-likeness (QED) is 0.753. The molecule has 4 heteroatoms. The average Bonchev–Trinajstić information content (AvgIpc) is 2.51. The molecule has 72 valence electrons. The van der Waals surface area contributed by atoms with Gasteiger partial charge in [0.05, 0.1) is 6.10 Å². The maximum absolute atomic E-state index is 9.49. The minimum atomic E-state index is -0.169. The molecule has 0 aliphatic heterocycles. The summed E-state index contributed by atoms with van der Waals surface area (Å²) in [6.45, 7) is 0. The van der Waals surface area contributed by atoms with Crippen LogP contribution in [-0.4, -0.2) is 20.8 Å². The van der Waals surface area contributed by atoms with Gasteiger partial charge in [0.2, 0.25) is 5.28 Å². The van der Waals surface area contributed by atoms with Crippen molar-refractivity contribution in [3.8, 4) is 0 Å². The summed E-state index contributed by atoms with van der Waals surface area (Å²) in [4.78, 5) is 3.96. The number of hydrogen-bond donors (Lipinski definition) is 1. The number of aliphatic hydroxyl groups is 1. The third-order valence-electron chi connectivity index (χ3n) is 2.63. The van der Waals surface area contributed by atoms with Gasteiger partial charge in [-0.2, -0.15) is 0 Å². The fourth-order valence-electron chi connectivity index (χ4n) is 1.96. The van der Waals surface area contributed by atoms with Gasteiger partial charge >= 0.3 is 0 Å². The minimum absolute atomic E-state index is 0.169. The Hall–Kier alpha value is -0.540. The molecule has 1 heterocycles. The molecule has 0 radical (unpaired) electrons. The van der Waals surface area contributed by atoms with E-state index in [2.05, 4.69) is 4.98 Å². The Kier molecular flexibility index (Phi) is 2.56.